The Hall–Kier alpha value is -2.59. The SMILES string of the molecule is Cc1c(N2CCC3(CC2)Oc2cnccc2/C3=N\[S@@+]([O-])C(C)(C)C)nc(C)n(-c2cccc(Cl)c2Cl)c1=O. The Bertz CT molecular complexity index is 1490. The Morgan fingerprint density at radius 1 is 1.16 bits per heavy atom. The molecule has 0 saturated carbocycles. The van der Waals surface area contributed by atoms with E-state index in [1.54, 1.807) is 44.4 Å². The van der Waals surface area contributed by atoms with E-state index in [2.05, 4.69) is 9.88 Å². The lowest BCUT2D eigenvalue weighted by molar-refractivity contribution is 0.124. The second-order valence-corrected chi connectivity index (χ2v) is 13.3. The van der Waals surface area contributed by atoms with E-state index < -0.39 is 21.7 Å². The number of anilines is 1. The first-order valence-electron chi connectivity index (χ1n) is 12.4. The monoisotopic (exact) mass is 573 g/mol. The number of benzene rings is 1. The van der Waals surface area contributed by atoms with Crippen LogP contribution in [-0.4, -0.2) is 48.2 Å². The van der Waals surface area contributed by atoms with Crippen molar-refractivity contribution in [2.75, 3.05) is 18.0 Å². The molecule has 8 nitrogen and oxygen atoms in total. The van der Waals surface area contributed by atoms with Crippen LogP contribution < -0.4 is 15.2 Å². The number of aryl methyl sites for hydroxylation is 1. The molecule has 0 unspecified atom stereocenters. The highest BCUT2D eigenvalue weighted by Crippen LogP contribution is 2.42. The first-order valence-corrected chi connectivity index (χ1v) is 14.2. The third-order valence-corrected chi connectivity index (χ3v) is 9.17. The van der Waals surface area contributed by atoms with Crippen LogP contribution >= 0.6 is 23.2 Å². The summed E-state index contributed by atoms with van der Waals surface area (Å²) < 4.78 is 25.2. The van der Waals surface area contributed by atoms with Gasteiger partial charge in [-0.1, -0.05) is 33.7 Å². The Balaban J connectivity index is 1.47. The fourth-order valence-electron chi connectivity index (χ4n) is 4.89. The molecule has 2 aliphatic rings. The molecule has 1 aromatic carbocycles. The van der Waals surface area contributed by atoms with Crippen LogP contribution in [0.2, 0.25) is 10.0 Å². The van der Waals surface area contributed by atoms with E-state index in [4.69, 9.17) is 37.3 Å². The smallest absolute Gasteiger partial charge is 0.263 e. The van der Waals surface area contributed by atoms with Crippen LogP contribution in [0, 0.1) is 13.8 Å². The minimum absolute atomic E-state index is 0.199. The number of aromatic nitrogens is 3. The summed E-state index contributed by atoms with van der Waals surface area (Å²) in [6.45, 7) is 10.4. The summed E-state index contributed by atoms with van der Waals surface area (Å²) in [5.41, 5.74) is 1.64. The van der Waals surface area contributed by atoms with Crippen molar-refractivity contribution in [3.8, 4) is 11.4 Å². The van der Waals surface area contributed by atoms with Gasteiger partial charge >= 0.3 is 0 Å². The standard InChI is InChI=1S/C27H29Cl2N5O3S/c1-16-24(31-17(2)34(25(16)35)20-8-6-7-19(28)22(20)29)33-13-10-27(11-14-33)23(32-38(36)26(3,4)5)18-9-12-30-15-21(18)37-27/h6-9,12,15H,10-11,13-14H2,1-5H3/b32-23+/t38-/m0/s1. The van der Waals surface area contributed by atoms with Gasteiger partial charge < -0.3 is 14.2 Å². The maximum Gasteiger partial charge on any atom is 0.263 e. The van der Waals surface area contributed by atoms with Crippen LogP contribution in [-0.2, 0) is 11.4 Å². The maximum atomic E-state index is 13.5. The topological polar surface area (TPSA) is 95.7 Å². The van der Waals surface area contributed by atoms with E-state index in [0.29, 0.717) is 70.3 Å². The summed E-state index contributed by atoms with van der Waals surface area (Å²) in [7, 11) is 0. The molecular weight excluding hydrogens is 545 g/mol. The number of ether oxygens (including phenoxy) is 1. The Kier molecular flexibility index (Phi) is 7.01. The summed E-state index contributed by atoms with van der Waals surface area (Å²) in [5, 5.41) is 0.677. The molecule has 1 saturated heterocycles. The van der Waals surface area contributed by atoms with Gasteiger partial charge in [0.2, 0.25) is 0 Å². The number of hydrogen-bond acceptors (Lipinski definition) is 7. The van der Waals surface area contributed by atoms with Gasteiger partial charge in [0.1, 0.15) is 39.2 Å². The van der Waals surface area contributed by atoms with Crippen molar-refractivity contribution in [2.24, 2.45) is 4.40 Å². The molecule has 1 spiro atoms. The van der Waals surface area contributed by atoms with Crippen molar-refractivity contribution in [3.05, 3.63) is 74.0 Å². The lowest BCUT2D eigenvalue weighted by atomic mass is 9.85. The molecule has 0 amide bonds. The lowest BCUT2D eigenvalue weighted by Crippen LogP contribution is -2.52. The molecule has 11 heteroatoms. The van der Waals surface area contributed by atoms with Gasteiger partial charge in [-0.05, 0) is 52.8 Å². The molecule has 0 aliphatic carbocycles. The van der Waals surface area contributed by atoms with Crippen LogP contribution in [0.5, 0.6) is 5.75 Å². The molecule has 38 heavy (non-hydrogen) atoms. The Morgan fingerprint density at radius 2 is 1.87 bits per heavy atom. The largest absolute Gasteiger partial charge is 0.591 e. The minimum Gasteiger partial charge on any atom is -0.591 e. The van der Waals surface area contributed by atoms with E-state index in [-0.39, 0.29) is 5.56 Å². The van der Waals surface area contributed by atoms with Gasteiger partial charge in [0.25, 0.3) is 5.56 Å². The average Bonchev–Trinajstić information content (AvgIpc) is 3.16. The van der Waals surface area contributed by atoms with E-state index in [1.165, 1.54) is 4.57 Å². The average molecular weight is 575 g/mol. The third kappa shape index (κ3) is 4.59. The number of rotatable bonds is 3. The fraction of sp³-hybridized carbons (Fsp3) is 0.407. The summed E-state index contributed by atoms with van der Waals surface area (Å²) in [6, 6.07) is 7.05. The van der Waals surface area contributed by atoms with Crippen molar-refractivity contribution in [3.63, 3.8) is 0 Å². The zero-order valence-corrected chi connectivity index (χ0v) is 24.2. The second-order valence-electron chi connectivity index (χ2n) is 10.6. The van der Waals surface area contributed by atoms with E-state index in [0.717, 1.165) is 5.56 Å². The highest BCUT2D eigenvalue weighted by atomic mass is 35.5. The lowest BCUT2D eigenvalue weighted by Gasteiger charge is -2.39. The van der Waals surface area contributed by atoms with Gasteiger partial charge in [0.05, 0.1) is 27.5 Å². The Labute approximate surface area is 235 Å². The molecule has 2 aliphatic heterocycles. The summed E-state index contributed by atoms with van der Waals surface area (Å²) in [5.74, 6) is 1.79. The number of piperidine rings is 1. The molecular formula is C27H29Cl2N5O3S. The third-order valence-electron chi connectivity index (χ3n) is 6.97. The molecule has 0 radical (unpaired) electrons. The van der Waals surface area contributed by atoms with Crippen LogP contribution in [0.25, 0.3) is 5.69 Å². The van der Waals surface area contributed by atoms with Crippen molar-refractivity contribution in [2.45, 2.75) is 57.8 Å². The van der Waals surface area contributed by atoms with Crippen LogP contribution in [0.3, 0.4) is 0 Å². The van der Waals surface area contributed by atoms with Gasteiger partial charge in [0, 0.05) is 37.7 Å². The molecule has 4 heterocycles. The van der Waals surface area contributed by atoms with E-state index in [9.17, 15) is 9.35 Å². The van der Waals surface area contributed by atoms with Gasteiger partial charge in [0.15, 0.2) is 5.60 Å². The zero-order chi connectivity index (χ0) is 27.4. The normalized spacial score (nSPS) is 18.5. The highest BCUT2D eigenvalue weighted by molar-refractivity contribution is 7.91. The first kappa shape index (κ1) is 27.0. The second kappa shape index (κ2) is 9.86. The van der Waals surface area contributed by atoms with Gasteiger partial charge in [-0.15, -0.1) is 0 Å². The summed E-state index contributed by atoms with van der Waals surface area (Å²) >= 11 is 11.2. The van der Waals surface area contributed by atoms with Crippen molar-refractivity contribution < 1.29 is 9.29 Å². The fourth-order valence-corrected chi connectivity index (χ4v) is 5.97. The molecule has 200 valence electrons. The predicted molar refractivity (Wildman–Crippen MR) is 153 cm³/mol. The summed E-state index contributed by atoms with van der Waals surface area (Å²) in [6.07, 6.45) is 4.56. The molecule has 3 aromatic rings. The van der Waals surface area contributed by atoms with Crippen molar-refractivity contribution in [1.29, 1.82) is 0 Å². The maximum absolute atomic E-state index is 13.5. The highest BCUT2D eigenvalue weighted by Gasteiger charge is 2.50. The van der Waals surface area contributed by atoms with Crippen LogP contribution in [0.15, 0.2) is 45.9 Å². The quantitative estimate of drug-likeness (QED) is 0.398. The molecule has 0 bridgehead atoms. The molecule has 0 N–H and O–H groups in total. The van der Waals surface area contributed by atoms with Crippen LogP contribution in [0.4, 0.5) is 5.82 Å². The van der Waals surface area contributed by atoms with E-state index >= 15 is 0 Å². The molecule has 1 fully saturated rings. The number of hydrogen-bond donors (Lipinski definition) is 0. The number of nitrogens with zero attached hydrogens (tertiary/aromatic N) is 5. The van der Waals surface area contributed by atoms with Crippen LogP contribution in [0.1, 0.15) is 50.6 Å². The Morgan fingerprint density at radius 3 is 2.55 bits per heavy atom. The number of fused-ring (bicyclic) bond motifs is 1. The summed E-state index contributed by atoms with van der Waals surface area (Å²) in [4.78, 5) is 24.6. The van der Waals surface area contributed by atoms with E-state index in [1.807, 2.05) is 26.8 Å². The number of halogens is 2. The number of pyridine rings is 1. The first-order chi connectivity index (χ1) is 17.9. The van der Waals surface area contributed by atoms with Gasteiger partial charge in [-0.2, -0.15) is 0 Å². The van der Waals surface area contributed by atoms with Crippen molar-refractivity contribution in [1.82, 2.24) is 14.5 Å². The van der Waals surface area contributed by atoms with Gasteiger partial charge in [-0.3, -0.25) is 14.3 Å². The molecule has 5 rings (SSSR count). The molecule has 2 aromatic heterocycles. The predicted octanol–water partition coefficient (Wildman–Crippen LogP) is 5.23. The zero-order valence-electron chi connectivity index (χ0n) is 21.9. The minimum atomic E-state index is -1.44. The van der Waals surface area contributed by atoms with Crippen molar-refractivity contribution >= 4 is 46.1 Å². The van der Waals surface area contributed by atoms with Gasteiger partial charge in [-0.25, -0.2) is 4.98 Å². The molecule has 1 atom stereocenters.